The molecule has 4 rings (SSSR count). The van der Waals surface area contributed by atoms with Gasteiger partial charge in [-0.2, -0.15) is 0 Å². The van der Waals surface area contributed by atoms with Crippen molar-refractivity contribution in [2.24, 2.45) is 4.99 Å². The van der Waals surface area contributed by atoms with Gasteiger partial charge in [-0.1, -0.05) is 54.1 Å². The van der Waals surface area contributed by atoms with E-state index in [9.17, 15) is 0 Å². The Labute approximate surface area is 182 Å². The Bertz CT molecular complexity index is 976. The molecule has 0 unspecified atom stereocenters. The number of aromatic nitrogens is 2. The highest BCUT2D eigenvalue weighted by Gasteiger charge is 2.21. The molecule has 0 amide bonds. The lowest BCUT2D eigenvalue weighted by Crippen LogP contribution is -2.52. The molecule has 1 aliphatic rings. The largest absolute Gasteiger partial charge is 0.367 e. The van der Waals surface area contributed by atoms with Gasteiger partial charge in [0.25, 0.3) is 0 Å². The number of benzene rings is 2. The van der Waals surface area contributed by atoms with E-state index in [0.29, 0.717) is 6.54 Å². The van der Waals surface area contributed by atoms with Crippen molar-refractivity contribution < 1.29 is 0 Å². The van der Waals surface area contributed by atoms with Crippen molar-refractivity contribution in [2.75, 3.05) is 38.1 Å². The first-order valence-corrected chi connectivity index (χ1v) is 10.6. The molecule has 0 spiro atoms. The number of aliphatic imine (C=N–C) groups is 1. The molecule has 0 bridgehead atoms. The predicted octanol–water partition coefficient (Wildman–Crippen LogP) is 3.48. The second kappa shape index (κ2) is 9.67. The molecule has 2 heterocycles. The molecule has 3 aromatic rings. The second-order valence-electron chi connectivity index (χ2n) is 7.28. The maximum Gasteiger partial charge on any atom is 0.194 e. The normalized spacial score (nSPS) is 14.8. The van der Waals surface area contributed by atoms with E-state index in [1.165, 1.54) is 5.56 Å². The van der Waals surface area contributed by atoms with E-state index < -0.39 is 0 Å². The Morgan fingerprint density at radius 1 is 1.03 bits per heavy atom. The third-order valence-corrected chi connectivity index (χ3v) is 5.71. The number of anilines is 1. The zero-order chi connectivity index (χ0) is 20.8. The van der Waals surface area contributed by atoms with Gasteiger partial charge in [-0.15, -0.1) is 0 Å². The van der Waals surface area contributed by atoms with E-state index in [1.807, 2.05) is 43.7 Å². The molecule has 1 aliphatic heterocycles. The van der Waals surface area contributed by atoms with Crippen LogP contribution < -0.4 is 10.2 Å². The quantitative estimate of drug-likeness (QED) is 0.505. The van der Waals surface area contributed by atoms with Crippen LogP contribution in [0.1, 0.15) is 11.4 Å². The number of imidazole rings is 1. The summed E-state index contributed by atoms with van der Waals surface area (Å²) >= 11 is 6.36. The summed E-state index contributed by atoms with van der Waals surface area (Å²) in [7, 11) is 1.83. The maximum atomic E-state index is 6.36. The van der Waals surface area contributed by atoms with Crippen molar-refractivity contribution >= 4 is 23.2 Å². The van der Waals surface area contributed by atoms with E-state index >= 15 is 0 Å². The molecular weight excluding hydrogens is 396 g/mol. The summed E-state index contributed by atoms with van der Waals surface area (Å²) in [6.07, 6.45) is 3.88. The highest BCUT2D eigenvalue weighted by atomic mass is 35.5. The summed E-state index contributed by atoms with van der Waals surface area (Å²) < 4.78 is 2.17. The van der Waals surface area contributed by atoms with Crippen LogP contribution in [0.15, 0.2) is 72.0 Å². The molecule has 0 radical (unpaired) electrons. The van der Waals surface area contributed by atoms with Gasteiger partial charge in [0.1, 0.15) is 5.82 Å². The number of hydrogen-bond acceptors (Lipinski definition) is 3. The van der Waals surface area contributed by atoms with Crippen LogP contribution in [0.2, 0.25) is 5.02 Å². The van der Waals surface area contributed by atoms with Crippen molar-refractivity contribution in [3.63, 3.8) is 0 Å². The van der Waals surface area contributed by atoms with Gasteiger partial charge < -0.3 is 19.7 Å². The van der Waals surface area contributed by atoms with Gasteiger partial charge in [0.05, 0.1) is 17.3 Å². The van der Waals surface area contributed by atoms with Crippen molar-refractivity contribution in [1.29, 1.82) is 0 Å². The molecule has 0 aliphatic carbocycles. The zero-order valence-electron chi connectivity index (χ0n) is 17.2. The molecule has 6 nitrogen and oxygen atoms in total. The molecule has 1 N–H and O–H groups in total. The van der Waals surface area contributed by atoms with Crippen LogP contribution in [-0.2, 0) is 13.1 Å². The second-order valence-corrected chi connectivity index (χ2v) is 7.69. The van der Waals surface area contributed by atoms with E-state index in [0.717, 1.165) is 55.2 Å². The van der Waals surface area contributed by atoms with Gasteiger partial charge in [0, 0.05) is 52.2 Å². The molecule has 156 valence electrons. The van der Waals surface area contributed by atoms with E-state index in [4.69, 9.17) is 11.6 Å². The molecule has 0 atom stereocenters. The van der Waals surface area contributed by atoms with E-state index in [1.54, 1.807) is 0 Å². The fraction of sp³-hybridized carbons (Fsp3) is 0.304. The number of para-hydroxylation sites is 1. The number of halogens is 1. The van der Waals surface area contributed by atoms with Gasteiger partial charge in [-0.3, -0.25) is 4.99 Å². The molecule has 1 saturated heterocycles. The van der Waals surface area contributed by atoms with Crippen LogP contribution in [0.3, 0.4) is 0 Å². The molecule has 0 saturated carbocycles. The average Bonchev–Trinajstić information content (AvgIpc) is 3.22. The monoisotopic (exact) mass is 422 g/mol. The lowest BCUT2D eigenvalue weighted by Gasteiger charge is -2.38. The summed E-state index contributed by atoms with van der Waals surface area (Å²) in [5.41, 5.74) is 2.36. The van der Waals surface area contributed by atoms with E-state index in [-0.39, 0.29) is 0 Å². The smallest absolute Gasteiger partial charge is 0.194 e. The van der Waals surface area contributed by atoms with Crippen molar-refractivity contribution in [1.82, 2.24) is 19.8 Å². The van der Waals surface area contributed by atoms with Crippen LogP contribution in [0, 0.1) is 0 Å². The first-order valence-electron chi connectivity index (χ1n) is 10.2. The van der Waals surface area contributed by atoms with Gasteiger partial charge in [-0.05, 0) is 17.7 Å². The van der Waals surface area contributed by atoms with Gasteiger partial charge in [-0.25, -0.2) is 4.98 Å². The molecule has 1 fully saturated rings. The molecule has 2 aromatic carbocycles. The van der Waals surface area contributed by atoms with Crippen LogP contribution in [0.4, 0.5) is 5.69 Å². The predicted molar refractivity (Wildman–Crippen MR) is 123 cm³/mol. The summed E-state index contributed by atoms with van der Waals surface area (Å²) in [6.45, 7) is 5.05. The first kappa shape index (κ1) is 20.3. The fourth-order valence-electron chi connectivity index (χ4n) is 3.79. The number of rotatable bonds is 5. The lowest BCUT2D eigenvalue weighted by atomic mass is 10.2. The number of nitrogens with zero attached hydrogens (tertiary/aromatic N) is 5. The van der Waals surface area contributed by atoms with E-state index in [2.05, 4.69) is 60.0 Å². The number of hydrogen-bond donors (Lipinski definition) is 1. The fourth-order valence-corrected chi connectivity index (χ4v) is 4.04. The number of nitrogens with one attached hydrogen (secondary N) is 1. The summed E-state index contributed by atoms with van der Waals surface area (Å²) in [4.78, 5) is 13.6. The molecular formula is C23H27ClN6. The van der Waals surface area contributed by atoms with Crippen molar-refractivity contribution in [2.45, 2.75) is 13.1 Å². The Hall–Kier alpha value is -2.99. The molecule has 7 heteroatoms. The number of piperazine rings is 1. The van der Waals surface area contributed by atoms with Gasteiger partial charge in [0.15, 0.2) is 5.96 Å². The van der Waals surface area contributed by atoms with Crippen molar-refractivity contribution in [3.05, 3.63) is 83.4 Å². The topological polar surface area (TPSA) is 48.7 Å². The average molecular weight is 423 g/mol. The molecule has 1 aromatic heterocycles. The summed E-state index contributed by atoms with van der Waals surface area (Å²) in [6, 6.07) is 18.5. The van der Waals surface area contributed by atoms with Crippen LogP contribution in [0.5, 0.6) is 0 Å². The Morgan fingerprint density at radius 3 is 2.50 bits per heavy atom. The van der Waals surface area contributed by atoms with Crippen LogP contribution in [-0.4, -0.2) is 53.6 Å². The molecule has 30 heavy (non-hydrogen) atoms. The summed E-state index contributed by atoms with van der Waals surface area (Å²) in [5, 5.41) is 4.29. The van der Waals surface area contributed by atoms with Gasteiger partial charge >= 0.3 is 0 Å². The zero-order valence-corrected chi connectivity index (χ0v) is 18.0. The third-order valence-electron chi connectivity index (χ3n) is 5.39. The minimum atomic E-state index is 0.636. The summed E-state index contributed by atoms with van der Waals surface area (Å²) in [5.74, 6) is 1.90. The highest BCUT2D eigenvalue weighted by Crippen LogP contribution is 2.26. The minimum absolute atomic E-state index is 0.636. The lowest BCUT2D eigenvalue weighted by molar-refractivity contribution is 0.371. The van der Waals surface area contributed by atoms with Gasteiger partial charge in [0.2, 0.25) is 0 Å². The van der Waals surface area contributed by atoms with Crippen molar-refractivity contribution in [3.8, 4) is 0 Å². The van der Waals surface area contributed by atoms with Crippen LogP contribution in [0.25, 0.3) is 0 Å². The Balaban J connectivity index is 1.33. The number of guanidine groups is 1. The first-order chi connectivity index (χ1) is 14.7. The maximum absolute atomic E-state index is 6.36. The SMILES string of the molecule is CN=C(NCc1nccn1Cc1ccccc1)N1CCN(c2ccccc2Cl)CC1. The highest BCUT2D eigenvalue weighted by molar-refractivity contribution is 6.33. The Morgan fingerprint density at radius 2 is 1.77 bits per heavy atom. The third kappa shape index (κ3) is 4.76. The standard InChI is InChI=1S/C23H27ClN6/c1-25-23(29-15-13-28(14-16-29)21-10-6-5-9-20(21)24)27-17-22-26-11-12-30(22)18-19-7-3-2-4-8-19/h2-12H,13-18H2,1H3,(H,25,27). The van der Waals surface area contributed by atoms with Crippen LogP contribution >= 0.6 is 11.6 Å². The minimum Gasteiger partial charge on any atom is -0.367 e. The Kier molecular flexibility index (Phi) is 6.54.